The van der Waals surface area contributed by atoms with Crippen LogP contribution in [0.15, 0.2) is 36.8 Å². The minimum atomic E-state index is 0.404. The molecule has 20 heavy (non-hydrogen) atoms. The maximum absolute atomic E-state index is 4.55. The second kappa shape index (κ2) is 5.21. The normalized spacial score (nSPS) is 11.2. The molecule has 0 atom stereocenters. The third-order valence-electron chi connectivity index (χ3n) is 3.13. The van der Waals surface area contributed by atoms with Crippen LogP contribution in [0, 0.1) is 6.92 Å². The van der Waals surface area contributed by atoms with E-state index in [4.69, 9.17) is 0 Å². The molecule has 0 fully saturated rings. The van der Waals surface area contributed by atoms with Gasteiger partial charge in [0.25, 0.3) is 0 Å². The summed E-state index contributed by atoms with van der Waals surface area (Å²) in [7, 11) is 0. The molecule has 3 aromatic rings. The minimum Gasteiger partial charge on any atom is -0.382 e. The molecule has 0 aliphatic rings. The molecule has 0 amide bonds. The van der Waals surface area contributed by atoms with Crippen LogP contribution in [0.2, 0.25) is 0 Å². The van der Waals surface area contributed by atoms with Gasteiger partial charge in [-0.1, -0.05) is 6.07 Å². The fraction of sp³-hybridized carbons (Fsp3) is 0.250. The summed E-state index contributed by atoms with van der Waals surface area (Å²) in [5, 5.41) is 4.73. The number of thiophene rings is 1. The average molecular weight is 283 g/mol. The van der Waals surface area contributed by atoms with Crippen molar-refractivity contribution in [3.63, 3.8) is 0 Å². The summed E-state index contributed by atoms with van der Waals surface area (Å²) in [4.78, 5) is 11.0. The van der Waals surface area contributed by atoms with Crippen LogP contribution in [0.5, 0.6) is 0 Å². The summed E-state index contributed by atoms with van der Waals surface area (Å²) in [6, 6.07) is 6.66. The van der Waals surface area contributed by atoms with E-state index in [0.29, 0.717) is 6.04 Å². The molecule has 0 aromatic carbocycles. The molecular formula is C16H17N3S. The summed E-state index contributed by atoms with van der Waals surface area (Å²) in [6.07, 6.45) is 5.63. The van der Waals surface area contributed by atoms with Crippen LogP contribution in [0.4, 0.5) is 5.69 Å². The number of aryl methyl sites for hydroxylation is 1. The smallest absolute Gasteiger partial charge is 0.125 e. The molecule has 3 nitrogen and oxygen atoms in total. The molecular weight excluding hydrogens is 266 g/mol. The number of anilines is 1. The Labute approximate surface area is 122 Å². The number of nitrogens with one attached hydrogen (secondary N) is 1. The Bertz CT molecular complexity index is 732. The Morgan fingerprint density at radius 1 is 1.25 bits per heavy atom. The van der Waals surface area contributed by atoms with Gasteiger partial charge in [-0.3, -0.25) is 4.98 Å². The number of nitrogens with zero attached hydrogens (tertiary/aromatic N) is 2. The van der Waals surface area contributed by atoms with Crippen LogP contribution < -0.4 is 5.32 Å². The van der Waals surface area contributed by atoms with Crippen LogP contribution in [0.25, 0.3) is 20.7 Å². The summed E-state index contributed by atoms with van der Waals surface area (Å²) < 4.78 is 0. The second-order valence-electron chi connectivity index (χ2n) is 5.19. The van der Waals surface area contributed by atoms with Gasteiger partial charge in [-0.25, -0.2) is 4.98 Å². The maximum Gasteiger partial charge on any atom is 0.125 e. The van der Waals surface area contributed by atoms with Gasteiger partial charge >= 0.3 is 0 Å². The number of pyridine rings is 2. The van der Waals surface area contributed by atoms with Gasteiger partial charge < -0.3 is 5.32 Å². The zero-order valence-electron chi connectivity index (χ0n) is 11.8. The van der Waals surface area contributed by atoms with Crippen LogP contribution in [-0.4, -0.2) is 16.0 Å². The van der Waals surface area contributed by atoms with Gasteiger partial charge in [0.05, 0.1) is 0 Å². The van der Waals surface area contributed by atoms with Crippen molar-refractivity contribution in [3.05, 3.63) is 42.4 Å². The molecule has 4 heteroatoms. The monoisotopic (exact) mass is 283 g/mol. The molecule has 102 valence electrons. The summed E-state index contributed by atoms with van der Waals surface area (Å²) in [5.41, 5.74) is 3.52. The third kappa shape index (κ3) is 2.39. The molecule has 3 heterocycles. The standard InChI is InChI=1S/C16H17N3S/c1-10(2)19-15-11(3)8-18-16-13(15)7-14(20-16)12-5-4-6-17-9-12/h4-10H,1-3H3,(H,18,19). The molecule has 0 spiro atoms. The molecule has 0 saturated carbocycles. The Balaban J connectivity index is 2.16. The Kier molecular flexibility index (Phi) is 3.40. The molecule has 0 bridgehead atoms. The van der Waals surface area contributed by atoms with Crippen molar-refractivity contribution in [3.8, 4) is 10.4 Å². The molecule has 0 unspecified atom stereocenters. The number of rotatable bonds is 3. The van der Waals surface area contributed by atoms with E-state index in [2.05, 4.69) is 48.2 Å². The fourth-order valence-corrected chi connectivity index (χ4v) is 3.22. The van der Waals surface area contributed by atoms with E-state index in [1.54, 1.807) is 17.5 Å². The fourth-order valence-electron chi connectivity index (χ4n) is 2.22. The highest BCUT2D eigenvalue weighted by molar-refractivity contribution is 7.21. The van der Waals surface area contributed by atoms with Crippen LogP contribution >= 0.6 is 11.3 Å². The predicted octanol–water partition coefficient (Wildman–Crippen LogP) is 4.49. The van der Waals surface area contributed by atoms with Gasteiger partial charge in [0, 0.05) is 46.1 Å². The molecule has 0 aliphatic heterocycles. The van der Waals surface area contributed by atoms with Gasteiger partial charge in [-0.2, -0.15) is 0 Å². The highest BCUT2D eigenvalue weighted by Crippen LogP contribution is 2.37. The van der Waals surface area contributed by atoms with Crippen LogP contribution in [0.1, 0.15) is 19.4 Å². The minimum absolute atomic E-state index is 0.404. The largest absolute Gasteiger partial charge is 0.382 e. The maximum atomic E-state index is 4.55. The SMILES string of the molecule is Cc1cnc2sc(-c3cccnc3)cc2c1NC(C)C. The lowest BCUT2D eigenvalue weighted by molar-refractivity contribution is 0.899. The topological polar surface area (TPSA) is 37.8 Å². The number of aromatic nitrogens is 2. The van der Waals surface area contributed by atoms with E-state index in [-0.39, 0.29) is 0 Å². The highest BCUT2D eigenvalue weighted by atomic mass is 32.1. The van der Waals surface area contributed by atoms with Gasteiger partial charge in [0.15, 0.2) is 0 Å². The quantitative estimate of drug-likeness (QED) is 0.769. The van der Waals surface area contributed by atoms with Gasteiger partial charge in [-0.15, -0.1) is 11.3 Å². The van der Waals surface area contributed by atoms with Crippen molar-refractivity contribution in [1.29, 1.82) is 0 Å². The summed E-state index contributed by atoms with van der Waals surface area (Å²) >= 11 is 1.71. The molecule has 1 N–H and O–H groups in total. The average Bonchev–Trinajstić information content (AvgIpc) is 2.87. The lowest BCUT2D eigenvalue weighted by Gasteiger charge is -2.13. The molecule has 0 aliphatic carbocycles. The van der Waals surface area contributed by atoms with Gasteiger partial charge in [-0.05, 0) is 38.5 Å². The van der Waals surface area contributed by atoms with Crippen molar-refractivity contribution in [1.82, 2.24) is 9.97 Å². The number of hydrogen-bond donors (Lipinski definition) is 1. The molecule has 0 saturated heterocycles. The number of fused-ring (bicyclic) bond motifs is 1. The van der Waals surface area contributed by atoms with E-state index in [1.165, 1.54) is 21.5 Å². The zero-order chi connectivity index (χ0) is 14.1. The first-order valence-corrected chi connectivity index (χ1v) is 7.53. The Hall–Kier alpha value is -1.94. The van der Waals surface area contributed by atoms with Crippen molar-refractivity contribution < 1.29 is 0 Å². The van der Waals surface area contributed by atoms with Gasteiger partial charge in [0.2, 0.25) is 0 Å². The van der Waals surface area contributed by atoms with E-state index in [1.807, 2.05) is 18.5 Å². The van der Waals surface area contributed by atoms with E-state index < -0.39 is 0 Å². The molecule has 0 radical (unpaired) electrons. The van der Waals surface area contributed by atoms with Crippen molar-refractivity contribution in [2.75, 3.05) is 5.32 Å². The predicted molar refractivity (Wildman–Crippen MR) is 86.3 cm³/mol. The zero-order valence-corrected chi connectivity index (χ0v) is 12.7. The van der Waals surface area contributed by atoms with Crippen LogP contribution in [-0.2, 0) is 0 Å². The first kappa shape index (κ1) is 13.1. The first-order chi connectivity index (χ1) is 9.65. The van der Waals surface area contributed by atoms with Crippen LogP contribution in [0.3, 0.4) is 0 Å². The molecule has 3 rings (SSSR count). The molecule has 3 aromatic heterocycles. The Morgan fingerprint density at radius 2 is 2.10 bits per heavy atom. The Morgan fingerprint density at radius 3 is 2.80 bits per heavy atom. The third-order valence-corrected chi connectivity index (χ3v) is 4.22. The van der Waals surface area contributed by atoms with E-state index >= 15 is 0 Å². The van der Waals surface area contributed by atoms with Crippen molar-refractivity contribution in [2.24, 2.45) is 0 Å². The van der Waals surface area contributed by atoms with Gasteiger partial charge in [0.1, 0.15) is 4.83 Å². The second-order valence-corrected chi connectivity index (χ2v) is 6.22. The van der Waals surface area contributed by atoms with Crippen molar-refractivity contribution >= 4 is 27.2 Å². The highest BCUT2D eigenvalue weighted by Gasteiger charge is 2.12. The first-order valence-electron chi connectivity index (χ1n) is 6.71. The summed E-state index contributed by atoms with van der Waals surface area (Å²) in [6.45, 7) is 6.40. The van der Waals surface area contributed by atoms with E-state index in [9.17, 15) is 0 Å². The van der Waals surface area contributed by atoms with Crippen molar-refractivity contribution in [2.45, 2.75) is 26.8 Å². The number of hydrogen-bond acceptors (Lipinski definition) is 4. The lowest BCUT2D eigenvalue weighted by atomic mass is 10.1. The summed E-state index contributed by atoms with van der Waals surface area (Å²) in [5.74, 6) is 0. The van der Waals surface area contributed by atoms with E-state index in [0.717, 1.165) is 10.4 Å². The lowest BCUT2D eigenvalue weighted by Crippen LogP contribution is -2.11.